The van der Waals surface area contributed by atoms with Crippen molar-refractivity contribution in [2.75, 3.05) is 32.7 Å². The molecule has 0 bridgehead atoms. The number of nitrogens with one attached hydrogen (secondary N) is 4. The number of carboxylic acid groups (broad SMARTS) is 1. The maximum atomic E-state index is 11.9. The van der Waals surface area contributed by atoms with Gasteiger partial charge in [-0.1, -0.05) is 0 Å². The summed E-state index contributed by atoms with van der Waals surface area (Å²) in [5, 5.41) is 17.6. The van der Waals surface area contributed by atoms with Gasteiger partial charge in [0.15, 0.2) is 0 Å². The second-order valence-electron chi connectivity index (χ2n) is 4.92. The number of hydrogen-bond acceptors (Lipinski definition) is 7. The lowest BCUT2D eigenvalue weighted by atomic mass is 10.1. The maximum absolute atomic E-state index is 11.9. The smallest absolute Gasteiger partial charge is 0.322 e. The molecule has 0 aromatic heterocycles. The zero-order chi connectivity index (χ0) is 19.2. The van der Waals surface area contributed by atoms with Crippen LogP contribution in [0.15, 0.2) is 0 Å². The number of hydrogen-bond donors (Lipinski definition) is 7. The molecule has 0 saturated carbocycles. The molecule has 9 N–H and O–H groups in total. The zero-order valence-electron chi connectivity index (χ0n) is 13.7. The summed E-state index contributed by atoms with van der Waals surface area (Å²) in [6, 6.07) is -0.968. The summed E-state index contributed by atoms with van der Waals surface area (Å²) in [7, 11) is 0. The molecule has 0 aliphatic rings. The van der Waals surface area contributed by atoms with E-state index in [0.29, 0.717) is 6.42 Å². The van der Waals surface area contributed by atoms with Crippen molar-refractivity contribution in [2.24, 2.45) is 11.5 Å². The van der Waals surface area contributed by atoms with Gasteiger partial charge in [-0.15, -0.1) is 0 Å². The molecule has 142 valence electrons. The largest absolute Gasteiger partial charge is 0.480 e. The SMILES string of the molecule is NCCC[C@H](NC(=O)CNC(=O)CNC(=O)CN)C(=O)NCC(=O)O. The van der Waals surface area contributed by atoms with Gasteiger partial charge < -0.3 is 37.8 Å². The highest BCUT2D eigenvalue weighted by atomic mass is 16.4. The second-order valence-corrected chi connectivity index (χ2v) is 4.92. The Morgan fingerprint density at radius 3 is 2.00 bits per heavy atom. The van der Waals surface area contributed by atoms with Gasteiger partial charge in [-0.05, 0) is 19.4 Å². The van der Waals surface area contributed by atoms with Gasteiger partial charge in [0.2, 0.25) is 23.6 Å². The number of rotatable bonds is 12. The molecule has 0 spiro atoms. The number of aliphatic carboxylic acids is 1. The average Bonchev–Trinajstić information content (AvgIpc) is 2.58. The Labute approximate surface area is 144 Å². The van der Waals surface area contributed by atoms with Gasteiger partial charge in [-0.25, -0.2) is 0 Å². The Morgan fingerprint density at radius 1 is 0.840 bits per heavy atom. The monoisotopic (exact) mass is 360 g/mol. The van der Waals surface area contributed by atoms with Crippen molar-refractivity contribution >= 4 is 29.6 Å². The summed E-state index contributed by atoms with van der Waals surface area (Å²) in [4.78, 5) is 56.4. The fraction of sp³-hybridized carbons (Fsp3) is 0.615. The Morgan fingerprint density at radius 2 is 1.44 bits per heavy atom. The molecule has 4 amide bonds. The van der Waals surface area contributed by atoms with Gasteiger partial charge in [0.1, 0.15) is 12.6 Å². The molecule has 25 heavy (non-hydrogen) atoms. The van der Waals surface area contributed by atoms with Gasteiger partial charge >= 0.3 is 5.97 Å². The molecule has 0 fully saturated rings. The number of carbonyl (C=O) groups is 5. The van der Waals surface area contributed by atoms with Crippen molar-refractivity contribution in [1.82, 2.24) is 21.3 Å². The van der Waals surface area contributed by atoms with Crippen LogP contribution in [0.3, 0.4) is 0 Å². The summed E-state index contributed by atoms with van der Waals surface area (Å²) in [6.07, 6.45) is 0.650. The van der Waals surface area contributed by atoms with E-state index in [9.17, 15) is 24.0 Å². The molecular weight excluding hydrogens is 336 g/mol. The van der Waals surface area contributed by atoms with Gasteiger partial charge in [0, 0.05) is 0 Å². The number of carbonyl (C=O) groups excluding carboxylic acids is 4. The van der Waals surface area contributed by atoms with E-state index in [1.165, 1.54) is 0 Å². The van der Waals surface area contributed by atoms with Gasteiger partial charge in [0.25, 0.3) is 0 Å². The third-order valence-electron chi connectivity index (χ3n) is 2.84. The van der Waals surface area contributed by atoms with Crippen LogP contribution in [-0.4, -0.2) is 73.5 Å². The molecule has 0 aliphatic carbocycles. The predicted molar refractivity (Wildman–Crippen MR) is 85.9 cm³/mol. The van der Waals surface area contributed by atoms with Crippen LogP contribution >= 0.6 is 0 Å². The summed E-state index contributed by atoms with van der Waals surface area (Å²) >= 11 is 0. The molecule has 1 atom stereocenters. The molecule has 0 aromatic carbocycles. The number of amides is 4. The Hall–Kier alpha value is -2.73. The van der Waals surface area contributed by atoms with Crippen LogP contribution in [0.2, 0.25) is 0 Å². The predicted octanol–water partition coefficient (Wildman–Crippen LogP) is -4.40. The Bertz CT molecular complexity index is 497. The highest BCUT2D eigenvalue weighted by Crippen LogP contribution is 1.96. The lowest BCUT2D eigenvalue weighted by Crippen LogP contribution is -2.51. The van der Waals surface area contributed by atoms with E-state index in [0.717, 1.165) is 0 Å². The van der Waals surface area contributed by atoms with Crippen molar-refractivity contribution in [3.05, 3.63) is 0 Å². The molecule has 12 heteroatoms. The van der Waals surface area contributed by atoms with Crippen LogP contribution < -0.4 is 32.7 Å². The number of nitrogens with two attached hydrogens (primary N) is 2. The van der Waals surface area contributed by atoms with E-state index >= 15 is 0 Å². The molecule has 0 unspecified atom stereocenters. The van der Waals surface area contributed by atoms with E-state index in [1.807, 2.05) is 0 Å². The molecule has 0 aliphatic heterocycles. The lowest BCUT2D eigenvalue weighted by molar-refractivity contribution is -0.138. The first-order valence-electron chi connectivity index (χ1n) is 7.52. The first-order valence-corrected chi connectivity index (χ1v) is 7.52. The molecule has 0 radical (unpaired) electrons. The fourth-order valence-electron chi connectivity index (χ4n) is 1.61. The molecule has 0 rings (SSSR count). The molecular formula is C13H24N6O6. The quantitative estimate of drug-likeness (QED) is 0.180. The van der Waals surface area contributed by atoms with E-state index < -0.39 is 48.7 Å². The van der Waals surface area contributed by atoms with Crippen LogP contribution in [0.5, 0.6) is 0 Å². The third-order valence-corrected chi connectivity index (χ3v) is 2.84. The number of carboxylic acids is 1. The Balaban J connectivity index is 4.36. The van der Waals surface area contributed by atoms with Crippen molar-refractivity contribution in [2.45, 2.75) is 18.9 Å². The fourth-order valence-corrected chi connectivity index (χ4v) is 1.61. The van der Waals surface area contributed by atoms with Gasteiger partial charge in [-0.3, -0.25) is 24.0 Å². The average molecular weight is 360 g/mol. The highest BCUT2D eigenvalue weighted by molar-refractivity contribution is 5.92. The molecule has 0 aromatic rings. The van der Waals surface area contributed by atoms with Crippen LogP contribution in [0.4, 0.5) is 0 Å². The van der Waals surface area contributed by atoms with Crippen molar-refractivity contribution in [3.8, 4) is 0 Å². The standard InChI is InChI=1S/C13H24N6O6/c14-3-1-2-8(13(25)18-7-12(23)24)19-11(22)6-17-10(21)5-16-9(20)4-15/h8H,1-7,14-15H2,(H,16,20)(H,17,21)(H,18,25)(H,19,22)(H,23,24)/t8-/m0/s1. The van der Waals surface area contributed by atoms with Gasteiger partial charge in [0.05, 0.1) is 19.6 Å². The third kappa shape index (κ3) is 11.4. The minimum absolute atomic E-state index is 0.216. The van der Waals surface area contributed by atoms with Crippen molar-refractivity contribution < 1.29 is 29.1 Å². The highest BCUT2D eigenvalue weighted by Gasteiger charge is 2.20. The first-order chi connectivity index (χ1) is 11.8. The van der Waals surface area contributed by atoms with Crippen LogP contribution in [-0.2, 0) is 24.0 Å². The van der Waals surface area contributed by atoms with Crippen LogP contribution in [0.1, 0.15) is 12.8 Å². The summed E-state index contributed by atoms with van der Waals surface area (Å²) in [6.45, 7) is -1.30. The minimum Gasteiger partial charge on any atom is -0.480 e. The van der Waals surface area contributed by atoms with E-state index in [4.69, 9.17) is 16.6 Å². The topological polar surface area (TPSA) is 206 Å². The van der Waals surface area contributed by atoms with Crippen LogP contribution in [0, 0.1) is 0 Å². The summed E-state index contributed by atoms with van der Waals surface area (Å²) in [5.74, 6) is -3.65. The van der Waals surface area contributed by atoms with E-state index in [-0.39, 0.29) is 26.1 Å². The summed E-state index contributed by atoms with van der Waals surface area (Å²) in [5.41, 5.74) is 10.4. The molecule has 12 nitrogen and oxygen atoms in total. The zero-order valence-corrected chi connectivity index (χ0v) is 13.7. The normalized spacial score (nSPS) is 11.1. The van der Waals surface area contributed by atoms with E-state index in [1.54, 1.807) is 0 Å². The minimum atomic E-state index is -1.22. The van der Waals surface area contributed by atoms with Crippen molar-refractivity contribution in [1.29, 1.82) is 0 Å². The first kappa shape index (κ1) is 22.3. The van der Waals surface area contributed by atoms with Gasteiger partial charge in [-0.2, -0.15) is 0 Å². The maximum Gasteiger partial charge on any atom is 0.322 e. The van der Waals surface area contributed by atoms with Crippen LogP contribution in [0.25, 0.3) is 0 Å². The summed E-state index contributed by atoms with van der Waals surface area (Å²) < 4.78 is 0. The lowest BCUT2D eigenvalue weighted by Gasteiger charge is -2.18. The van der Waals surface area contributed by atoms with Crippen molar-refractivity contribution in [3.63, 3.8) is 0 Å². The van der Waals surface area contributed by atoms with E-state index in [2.05, 4.69) is 21.3 Å². The molecule has 0 heterocycles. The Kier molecular flexibility index (Phi) is 11.3. The second kappa shape index (κ2) is 12.7. The molecule has 0 saturated heterocycles.